The molecule has 2 aromatic rings. The summed E-state index contributed by atoms with van der Waals surface area (Å²) in [6.45, 7) is 4.85. The Kier molecular flexibility index (Phi) is 6.26. The standard InChI is InChI=1S/C25H28FN3O3/c1-16(2)18-5-3-17(4-6-18)15-28(20-11-12-20)23(30)14-13-22-24(31)29(25(32)27-22)21-9-7-19(26)8-10-21/h3-10,16,20,22H,11-15H2,1-2H3,(H,27,32). The Labute approximate surface area is 187 Å². The summed E-state index contributed by atoms with van der Waals surface area (Å²) in [5.74, 6) is -0.416. The maximum Gasteiger partial charge on any atom is 0.329 e. The minimum absolute atomic E-state index is 0.0114. The summed E-state index contributed by atoms with van der Waals surface area (Å²) in [4.78, 5) is 40.9. The van der Waals surface area contributed by atoms with Gasteiger partial charge in [-0.2, -0.15) is 0 Å². The highest BCUT2D eigenvalue weighted by molar-refractivity contribution is 6.21. The minimum atomic E-state index is -0.761. The molecule has 32 heavy (non-hydrogen) atoms. The van der Waals surface area contributed by atoms with Crippen LogP contribution in [-0.2, 0) is 16.1 Å². The van der Waals surface area contributed by atoms with Crippen molar-refractivity contribution in [2.45, 2.75) is 64.1 Å². The van der Waals surface area contributed by atoms with Gasteiger partial charge in [-0.1, -0.05) is 38.1 Å². The Morgan fingerprint density at radius 2 is 1.75 bits per heavy atom. The molecule has 0 radical (unpaired) electrons. The average molecular weight is 438 g/mol. The van der Waals surface area contributed by atoms with Gasteiger partial charge in [0.05, 0.1) is 5.69 Å². The second-order valence-corrected chi connectivity index (χ2v) is 8.84. The molecule has 1 aliphatic carbocycles. The number of amides is 4. The number of rotatable bonds is 8. The molecule has 1 heterocycles. The summed E-state index contributed by atoms with van der Waals surface area (Å²) >= 11 is 0. The molecule has 1 atom stereocenters. The molecule has 1 saturated heterocycles. The van der Waals surface area contributed by atoms with Gasteiger partial charge in [-0.25, -0.2) is 14.1 Å². The first-order valence-electron chi connectivity index (χ1n) is 11.1. The van der Waals surface area contributed by atoms with Gasteiger partial charge in [0.15, 0.2) is 0 Å². The summed E-state index contributed by atoms with van der Waals surface area (Å²) in [6, 6.07) is 12.5. The number of hydrogen-bond donors (Lipinski definition) is 1. The van der Waals surface area contributed by atoms with Crippen molar-refractivity contribution in [3.8, 4) is 0 Å². The van der Waals surface area contributed by atoms with Crippen LogP contribution >= 0.6 is 0 Å². The van der Waals surface area contributed by atoms with Crippen molar-refractivity contribution in [1.29, 1.82) is 0 Å². The van der Waals surface area contributed by atoms with Gasteiger partial charge < -0.3 is 10.2 Å². The van der Waals surface area contributed by atoms with E-state index in [2.05, 4.69) is 43.4 Å². The third-order valence-corrected chi connectivity index (χ3v) is 6.06. The van der Waals surface area contributed by atoms with Crippen molar-refractivity contribution in [3.05, 3.63) is 65.5 Å². The Morgan fingerprint density at radius 1 is 1.09 bits per heavy atom. The van der Waals surface area contributed by atoms with Crippen LogP contribution < -0.4 is 10.2 Å². The average Bonchev–Trinajstić information content (AvgIpc) is 3.57. The van der Waals surface area contributed by atoms with Gasteiger partial charge in [-0.05, 0) is 60.6 Å². The van der Waals surface area contributed by atoms with Crippen molar-refractivity contribution in [2.75, 3.05) is 4.90 Å². The summed E-state index contributed by atoms with van der Waals surface area (Å²) in [6.07, 6.45) is 2.39. The second-order valence-electron chi connectivity index (χ2n) is 8.84. The number of halogens is 1. The van der Waals surface area contributed by atoms with E-state index in [-0.39, 0.29) is 24.8 Å². The Hall–Kier alpha value is -3.22. The molecule has 6 nitrogen and oxygen atoms in total. The zero-order valence-corrected chi connectivity index (χ0v) is 18.4. The lowest BCUT2D eigenvalue weighted by atomic mass is 10.0. The van der Waals surface area contributed by atoms with E-state index >= 15 is 0 Å². The fraction of sp³-hybridized carbons (Fsp3) is 0.400. The van der Waals surface area contributed by atoms with Crippen molar-refractivity contribution >= 4 is 23.5 Å². The largest absolute Gasteiger partial charge is 0.335 e. The van der Waals surface area contributed by atoms with Crippen LogP contribution in [0.15, 0.2) is 48.5 Å². The maximum absolute atomic E-state index is 13.2. The number of urea groups is 1. The molecular weight excluding hydrogens is 409 g/mol. The number of imide groups is 1. The van der Waals surface area contributed by atoms with Crippen LogP contribution in [0.1, 0.15) is 56.6 Å². The molecule has 2 aliphatic rings. The van der Waals surface area contributed by atoms with Gasteiger partial charge >= 0.3 is 6.03 Å². The number of hydrogen-bond acceptors (Lipinski definition) is 3. The van der Waals surface area contributed by atoms with E-state index in [1.54, 1.807) is 0 Å². The lowest BCUT2D eigenvalue weighted by molar-refractivity contribution is -0.132. The highest BCUT2D eigenvalue weighted by Crippen LogP contribution is 2.30. The van der Waals surface area contributed by atoms with Crippen molar-refractivity contribution in [3.63, 3.8) is 0 Å². The number of anilines is 1. The summed E-state index contributed by atoms with van der Waals surface area (Å²) < 4.78 is 13.2. The number of nitrogens with zero attached hydrogens (tertiary/aromatic N) is 2. The van der Waals surface area contributed by atoms with E-state index in [0.29, 0.717) is 18.2 Å². The molecule has 1 aliphatic heterocycles. The first kappa shape index (κ1) is 22.0. The van der Waals surface area contributed by atoms with E-state index in [4.69, 9.17) is 0 Å². The molecule has 1 saturated carbocycles. The van der Waals surface area contributed by atoms with Crippen LogP contribution in [0.4, 0.5) is 14.9 Å². The van der Waals surface area contributed by atoms with E-state index in [1.165, 1.54) is 29.8 Å². The molecule has 1 N–H and O–H groups in total. The summed E-state index contributed by atoms with van der Waals surface area (Å²) in [7, 11) is 0. The second kappa shape index (κ2) is 9.10. The third kappa shape index (κ3) is 4.82. The third-order valence-electron chi connectivity index (χ3n) is 6.06. The van der Waals surface area contributed by atoms with Gasteiger partial charge in [0.25, 0.3) is 5.91 Å². The molecule has 168 valence electrons. The molecular formula is C25H28FN3O3. The Bertz CT molecular complexity index is 1000. The smallest absolute Gasteiger partial charge is 0.329 e. The molecule has 0 bridgehead atoms. The maximum atomic E-state index is 13.2. The highest BCUT2D eigenvalue weighted by atomic mass is 19.1. The molecule has 2 fully saturated rings. The minimum Gasteiger partial charge on any atom is -0.335 e. The van der Waals surface area contributed by atoms with Crippen LogP contribution in [0.2, 0.25) is 0 Å². The molecule has 1 unspecified atom stereocenters. The van der Waals surface area contributed by atoms with Gasteiger partial charge in [0.2, 0.25) is 5.91 Å². The summed E-state index contributed by atoms with van der Waals surface area (Å²) in [5.41, 5.74) is 2.66. The van der Waals surface area contributed by atoms with Crippen molar-refractivity contribution < 1.29 is 18.8 Å². The van der Waals surface area contributed by atoms with Gasteiger partial charge in [0, 0.05) is 19.0 Å². The highest BCUT2D eigenvalue weighted by Gasteiger charge is 2.40. The topological polar surface area (TPSA) is 69.7 Å². The first-order valence-corrected chi connectivity index (χ1v) is 11.1. The van der Waals surface area contributed by atoms with Gasteiger partial charge in [-0.15, -0.1) is 0 Å². The fourth-order valence-corrected chi connectivity index (χ4v) is 3.98. The Balaban J connectivity index is 1.37. The van der Waals surface area contributed by atoms with Crippen LogP contribution in [0, 0.1) is 5.82 Å². The lowest BCUT2D eigenvalue weighted by Gasteiger charge is -2.23. The monoisotopic (exact) mass is 437 g/mol. The molecule has 0 aromatic heterocycles. The van der Waals surface area contributed by atoms with Crippen LogP contribution in [-0.4, -0.2) is 34.8 Å². The quantitative estimate of drug-likeness (QED) is 0.625. The number of carbonyl (C=O) groups is 3. The number of carbonyl (C=O) groups excluding carboxylic acids is 3. The van der Waals surface area contributed by atoms with Crippen molar-refractivity contribution in [2.24, 2.45) is 0 Å². The first-order chi connectivity index (χ1) is 15.3. The molecule has 4 amide bonds. The SMILES string of the molecule is CC(C)c1ccc(CN(C(=O)CCC2NC(=O)N(c3ccc(F)cc3)C2=O)C2CC2)cc1. The molecule has 0 spiro atoms. The van der Waals surface area contributed by atoms with Crippen molar-refractivity contribution in [1.82, 2.24) is 10.2 Å². The van der Waals surface area contributed by atoms with Crippen LogP contribution in [0.5, 0.6) is 0 Å². The van der Waals surface area contributed by atoms with E-state index in [1.807, 2.05) is 4.90 Å². The van der Waals surface area contributed by atoms with Crippen LogP contribution in [0.3, 0.4) is 0 Å². The molecule has 4 rings (SSSR count). The lowest BCUT2D eigenvalue weighted by Crippen LogP contribution is -2.35. The van der Waals surface area contributed by atoms with Crippen LogP contribution in [0.25, 0.3) is 0 Å². The zero-order valence-electron chi connectivity index (χ0n) is 18.4. The van der Waals surface area contributed by atoms with Gasteiger partial charge in [-0.3, -0.25) is 9.59 Å². The van der Waals surface area contributed by atoms with E-state index in [9.17, 15) is 18.8 Å². The zero-order chi connectivity index (χ0) is 22.8. The van der Waals surface area contributed by atoms with E-state index in [0.717, 1.165) is 23.3 Å². The fourth-order valence-electron chi connectivity index (χ4n) is 3.98. The Morgan fingerprint density at radius 3 is 2.34 bits per heavy atom. The molecule has 7 heteroatoms. The normalized spacial score (nSPS) is 18.2. The summed E-state index contributed by atoms with van der Waals surface area (Å²) in [5, 5.41) is 2.65. The van der Waals surface area contributed by atoms with E-state index < -0.39 is 23.8 Å². The molecule has 2 aromatic carbocycles. The van der Waals surface area contributed by atoms with Gasteiger partial charge in [0.1, 0.15) is 11.9 Å². The number of nitrogens with one attached hydrogen (secondary N) is 1. The number of benzene rings is 2. The predicted molar refractivity (Wildman–Crippen MR) is 120 cm³/mol. The predicted octanol–water partition coefficient (Wildman–Crippen LogP) is 4.35.